The van der Waals surface area contributed by atoms with Crippen molar-refractivity contribution in [3.63, 3.8) is 0 Å². The number of ether oxygens (including phenoxy) is 1. The van der Waals surface area contributed by atoms with Crippen LogP contribution in [0.3, 0.4) is 0 Å². The van der Waals surface area contributed by atoms with E-state index in [0.717, 1.165) is 10.9 Å². The molecule has 2 aromatic carbocycles. The number of amides is 1. The summed E-state index contributed by atoms with van der Waals surface area (Å²) in [7, 11) is 1.55. The summed E-state index contributed by atoms with van der Waals surface area (Å²) in [6, 6.07) is 14.5. The standard InChI is InChI=1S/C18H14N4O3/c1-25-11-6-7-14-12(9-11)16(18(24)20-14)21-22-17(23)15-8-10-4-2-3-5-13(10)19-15/h2-9,19-20,24H,1H3. The largest absolute Gasteiger partial charge is 0.497 e. The third-order valence-corrected chi connectivity index (χ3v) is 3.96. The van der Waals surface area contributed by atoms with Crippen molar-refractivity contribution in [1.82, 2.24) is 9.97 Å². The van der Waals surface area contributed by atoms with E-state index in [9.17, 15) is 9.90 Å². The normalized spacial score (nSPS) is 11.6. The summed E-state index contributed by atoms with van der Waals surface area (Å²) in [4.78, 5) is 18.1. The van der Waals surface area contributed by atoms with Crippen LogP contribution in [0.1, 0.15) is 10.5 Å². The second-order valence-electron chi connectivity index (χ2n) is 5.51. The SMILES string of the molecule is COc1ccc2[nH]c(O)c(N=NC(=O)c3cc4ccccc4[nH]3)c2c1. The summed E-state index contributed by atoms with van der Waals surface area (Å²) < 4.78 is 5.18. The molecule has 7 nitrogen and oxygen atoms in total. The number of fused-ring (bicyclic) bond motifs is 2. The minimum atomic E-state index is -0.521. The zero-order chi connectivity index (χ0) is 17.4. The van der Waals surface area contributed by atoms with Crippen LogP contribution in [0.25, 0.3) is 21.8 Å². The van der Waals surface area contributed by atoms with E-state index in [1.807, 2.05) is 24.3 Å². The molecule has 7 heteroatoms. The third-order valence-electron chi connectivity index (χ3n) is 3.96. The molecule has 0 fully saturated rings. The topological polar surface area (TPSA) is 103 Å². The lowest BCUT2D eigenvalue weighted by Gasteiger charge is -1.98. The molecule has 0 bridgehead atoms. The molecule has 4 aromatic rings. The fraction of sp³-hybridized carbons (Fsp3) is 0.0556. The minimum absolute atomic E-state index is 0.156. The lowest BCUT2D eigenvalue weighted by Crippen LogP contribution is -1.92. The summed E-state index contributed by atoms with van der Waals surface area (Å²) in [6.07, 6.45) is 0. The maximum Gasteiger partial charge on any atom is 0.311 e. The highest BCUT2D eigenvalue weighted by atomic mass is 16.5. The molecule has 4 rings (SSSR count). The Morgan fingerprint density at radius 1 is 1.08 bits per heavy atom. The molecule has 0 saturated carbocycles. The van der Waals surface area contributed by atoms with Gasteiger partial charge in [0.25, 0.3) is 0 Å². The quantitative estimate of drug-likeness (QED) is 0.487. The van der Waals surface area contributed by atoms with Crippen LogP contribution < -0.4 is 4.74 Å². The summed E-state index contributed by atoms with van der Waals surface area (Å²) in [5.74, 6) is -0.0609. The Bertz CT molecular complexity index is 1090. The van der Waals surface area contributed by atoms with Gasteiger partial charge in [-0.25, -0.2) is 0 Å². The number of azo groups is 1. The van der Waals surface area contributed by atoms with Gasteiger partial charge in [-0.15, -0.1) is 10.2 Å². The summed E-state index contributed by atoms with van der Waals surface area (Å²) in [5, 5.41) is 19.2. The van der Waals surface area contributed by atoms with E-state index >= 15 is 0 Å². The van der Waals surface area contributed by atoms with Gasteiger partial charge in [0, 0.05) is 16.3 Å². The Morgan fingerprint density at radius 3 is 2.72 bits per heavy atom. The zero-order valence-corrected chi connectivity index (χ0v) is 13.3. The van der Waals surface area contributed by atoms with Gasteiger partial charge in [0.05, 0.1) is 12.6 Å². The number of carbonyl (C=O) groups excluding carboxylic acids is 1. The maximum atomic E-state index is 12.3. The van der Waals surface area contributed by atoms with Gasteiger partial charge in [0.15, 0.2) is 5.69 Å². The first kappa shape index (κ1) is 14.9. The minimum Gasteiger partial charge on any atom is -0.497 e. The summed E-state index contributed by atoms with van der Waals surface area (Å²) in [5.41, 5.74) is 2.05. The van der Waals surface area contributed by atoms with Gasteiger partial charge in [-0.05, 0) is 30.3 Å². The van der Waals surface area contributed by atoms with E-state index < -0.39 is 5.91 Å². The number of aromatic nitrogens is 2. The van der Waals surface area contributed by atoms with Gasteiger partial charge in [0.1, 0.15) is 11.4 Å². The average Bonchev–Trinajstić information content (AvgIpc) is 3.19. The molecule has 0 radical (unpaired) electrons. The molecule has 3 N–H and O–H groups in total. The van der Waals surface area contributed by atoms with Gasteiger partial charge in [-0.1, -0.05) is 18.2 Å². The first-order valence-corrected chi connectivity index (χ1v) is 7.58. The van der Waals surface area contributed by atoms with E-state index in [1.54, 1.807) is 31.4 Å². The Labute approximate surface area is 142 Å². The number of nitrogens with one attached hydrogen (secondary N) is 2. The van der Waals surface area contributed by atoms with Crippen LogP contribution in [-0.4, -0.2) is 28.1 Å². The fourth-order valence-electron chi connectivity index (χ4n) is 2.71. The zero-order valence-electron chi connectivity index (χ0n) is 13.3. The lowest BCUT2D eigenvalue weighted by molar-refractivity contribution is 0.0991. The molecular weight excluding hydrogens is 320 g/mol. The Balaban J connectivity index is 1.70. The monoisotopic (exact) mass is 334 g/mol. The second kappa shape index (κ2) is 5.79. The third kappa shape index (κ3) is 2.61. The van der Waals surface area contributed by atoms with E-state index in [-0.39, 0.29) is 11.6 Å². The highest BCUT2D eigenvalue weighted by molar-refractivity contribution is 5.99. The molecule has 0 spiro atoms. The van der Waals surface area contributed by atoms with Crippen molar-refractivity contribution in [3.05, 3.63) is 54.2 Å². The van der Waals surface area contributed by atoms with E-state index in [4.69, 9.17) is 4.74 Å². The smallest absolute Gasteiger partial charge is 0.311 e. The first-order valence-electron chi connectivity index (χ1n) is 7.58. The van der Waals surface area contributed by atoms with Gasteiger partial charge < -0.3 is 19.8 Å². The molecule has 0 aliphatic carbocycles. The van der Waals surface area contributed by atoms with Crippen LogP contribution in [0.2, 0.25) is 0 Å². The second-order valence-corrected chi connectivity index (χ2v) is 5.51. The first-order chi connectivity index (χ1) is 12.2. The molecule has 0 aliphatic heterocycles. The van der Waals surface area contributed by atoms with Crippen LogP contribution >= 0.6 is 0 Å². The molecule has 25 heavy (non-hydrogen) atoms. The van der Waals surface area contributed by atoms with Crippen molar-refractivity contribution in [3.8, 4) is 11.6 Å². The van der Waals surface area contributed by atoms with Gasteiger partial charge in [-0.3, -0.25) is 4.79 Å². The molecule has 2 heterocycles. The number of benzene rings is 2. The predicted molar refractivity (Wildman–Crippen MR) is 93.7 cm³/mol. The molecule has 0 aliphatic rings. The van der Waals surface area contributed by atoms with E-state index in [2.05, 4.69) is 20.2 Å². The number of methoxy groups -OCH3 is 1. The molecule has 124 valence electrons. The van der Waals surface area contributed by atoms with Crippen LogP contribution in [0, 0.1) is 0 Å². The van der Waals surface area contributed by atoms with Crippen molar-refractivity contribution < 1.29 is 14.6 Å². The molecule has 0 unspecified atom stereocenters. The summed E-state index contributed by atoms with van der Waals surface area (Å²) in [6.45, 7) is 0. The average molecular weight is 334 g/mol. The number of rotatable bonds is 3. The Hall–Kier alpha value is -3.61. The number of para-hydroxylation sites is 1. The van der Waals surface area contributed by atoms with Crippen LogP contribution in [0.15, 0.2) is 58.8 Å². The van der Waals surface area contributed by atoms with E-state index in [1.165, 1.54) is 0 Å². The predicted octanol–water partition coefficient (Wildman–Crippen LogP) is 4.29. The maximum absolute atomic E-state index is 12.3. The number of H-pyrrole nitrogens is 2. The van der Waals surface area contributed by atoms with Crippen LogP contribution in [0.5, 0.6) is 11.6 Å². The van der Waals surface area contributed by atoms with Crippen molar-refractivity contribution >= 4 is 33.4 Å². The number of aromatic hydroxyl groups is 1. The van der Waals surface area contributed by atoms with Gasteiger partial charge in [0.2, 0.25) is 5.88 Å². The molecular formula is C18H14N4O3. The van der Waals surface area contributed by atoms with Crippen LogP contribution in [-0.2, 0) is 0 Å². The van der Waals surface area contributed by atoms with E-state index in [0.29, 0.717) is 22.3 Å². The number of nitrogens with zero attached hydrogens (tertiary/aromatic N) is 2. The fourth-order valence-corrected chi connectivity index (χ4v) is 2.71. The highest BCUT2D eigenvalue weighted by Gasteiger charge is 2.13. The van der Waals surface area contributed by atoms with Crippen molar-refractivity contribution in [1.29, 1.82) is 0 Å². The molecule has 0 atom stereocenters. The van der Waals surface area contributed by atoms with Crippen LogP contribution in [0.4, 0.5) is 5.69 Å². The number of hydrogen-bond acceptors (Lipinski definition) is 4. The number of carbonyl (C=O) groups is 1. The Morgan fingerprint density at radius 2 is 1.92 bits per heavy atom. The van der Waals surface area contributed by atoms with Gasteiger partial charge in [-0.2, -0.15) is 0 Å². The van der Waals surface area contributed by atoms with Gasteiger partial charge >= 0.3 is 5.91 Å². The molecule has 0 saturated heterocycles. The molecule has 2 aromatic heterocycles. The lowest BCUT2D eigenvalue weighted by atomic mass is 10.2. The van der Waals surface area contributed by atoms with Crippen molar-refractivity contribution in [2.75, 3.05) is 7.11 Å². The Kier molecular flexibility index (Phi) is 3.46. The molecule has 1 amide bonds. The highest BCUT2D eigenvalue weighted by Crippen LogP contribution is 2.37. The summed E-state index contributed by atoms with van der Waals surface area (Å²) >= 11 is 0. The number of aromatic amines is 2. The van der Waals surface area contributed by atoms with Crippen molar-refractivity contribution in [2.45, 2.75) is 0 Å². The van der Waals surface area contributed by atoms with Crippen molar-refractivity contribution in [2.24, 2.45) is 10.2 Å². The number of hydrogen-bond donors (Lipinski definition) is 3.